The van der Waals surface area contributed by atoms with E-state index in [2.05, 4.69) is 10.2 Å². The van der Waals surface area contributed by atoms with Gasteiger partial charge in [-0.3, -0.25) is 14.6 Å². The Balaban J connectivity index is 0.00000245. The lowest BCUT2D eigenvalue weighted by Crippen LogP contribution is -2.55. The molecule has 1 N–H and O–H groups in total. The minimum Gasteiger partial charge on any atom is -0.503 e. The van der Waals surface area contributed by atoms with Crippen LogP contribution in [0.3, 0.4) is 0 Å². The third-order valence-electron chi connectivity index (χ3n) is 5.44. The molecule has 1 saturated heterocycles. The normalized spacial score (nSPS) is 15.8. The van der Waals surface area contributed by atoms with Crippen LogP contribution in [0, 0.1) is 11.6 Å². The predicted molar refractivity (Wildman–Crippen MR) is 115 cm³/mol. The van der Waals surface area contributed by atoms with E-state index in [-0.39, 0.29) is 40.7 Å². The van der Waals surface area contributed by atoms with Gasteiger partial charge in [-0.15, -0.1) is 22.6 Å². The fourth-order valence-electron chi connectivity index (χ4n) is 3.89. The lowest BCUT2D eigenvalue weighted by atomic mass is 10.1. The molecule has 1 fully saturated rings. The minimum atomic E-state index is -0.708. The Morgan fingerprint density at radius 3 is 2.69 bits per heavy atom. The van der Waals surface area contributed by atoms with E-state index in [1.165, 1.54) is 12.3 Å². The molecule has 168 valence electrons. The van der Waals surface area contributed by atoms with Crippen molar-refractivity contribution in [2.75, 3.05) is 13.1 Å². The van der Waals surface area contributed by atoms with Gasteiger partial charge in [0.2, 0.25) is 5.43 Å². The molecule has 0 saturated carbocycles. The Bertz CT molecular complexity index is 1260. The van der Waals surface area contributed by atoms with Crippen molar-refractivity contribution < 1.29 is 18.7 Å². The molecule has 0 spiro atoms. The number of amides is 1. The highest BCUT2D eigenvalue weighted by Gasteiger charge is 2.35. The first-order valence-corrected chi connectivity index (χ1v) is 10.5. The number of carbonyl (C=O) groups is 1. The van der Waals surface area contributed by atoms with Crippen LogP contribution in [-0.4, -0.2) is 48.9 Å². The zero-order valence-corrected chi connectivity index (χ0v) is 18.3. The van der Waals surface area contributed by atoms with Crippen LogP contribution in [-0.2, 0) is 13.1 Å². The molecule has 2 aliphatic heterocycles. The van der Waals surface area contributed by atoms with Crippen LogP contribution < -0.4 is 5.43 Å². The van der Waals surface area contributed by atoms with E-state index in [4.69, 9.17) is 0 Å². The number of rotatable bonds is 3. The van der Waals surface area contributed by atoms with E-state index in [1.807, 2.05) is 5.01 Å². The third-order valence-corrected chi connectivity index (χ3v) is 6.40. The smallest absolute Gasteiger partial charge is 0.288 e. The first-order chi connectivity index (χ1) is 14.9. The monoisotopic (exact) mass is 481 g/mol. The van der Waals surface area contributed by atoms with Gasteiger partial charge in [-0.1, -0.05) is 17.4 Å². The number of fused-ring (bicyclic) bond motifs is 2. The summed E-state index contributed by atoms with van der Waals surface area (Å²) in [6.07, 6.45) is 3.42. The highest BCUT2D eigenvalue weighted by Crippen LogP contribution is 2.30. The molecular weight excluding hydrogens is 464 g/mol. The van der Waals surface area contributed by atoms with Crippen molar-refractivity contribution in [3.8, 4) is 16.3 Å². The van der Waals surface area contributed by atoms with Crippen molar-refractivity contribution in [1.82, 2.24) is 24.8 Å². The van der Waals surface area contributed by atoms with E-state index in [9.17, 15) is 23.5 Å². The minimum absolute atomic E-state index is 0. The number of nitrogens with zero attached hydrogens (tertiary/aromatic N) is 5. The van der Waals surface area contributed by atoms with Crippen LogP contribution in [0.4, 0.5) is 8.78 Å². The molecular formula is C20H18ClF2N5O3S. The number of halogens is 3. The zero-order chi connectivity index (χ0) is 21.7. The Kier molecular flexibility index (Phi) is 5.97. The SMILES string of the molecule is Cl.O=C1c2c(O)c(=O)c(-c3nnc(Cc4ccc(F)cc4F)s3)cn2CN2CCCCN12. The van der Waals surface area contributed by atoms with Gasteiger partial charge in [-0.2, -0.15) is 5.01 Å². The predicted octanol–water partition coefficient (Wildman–Crippen LogP) is 2.79. The van der Waals surface area contributed by atoms with Gasteiger partial charge < -0.3 is 9.67 Å². The number of aromatic hydroxyl groups is 1. The number of pyridine rings is 1. The molecule has 3 aromatic rings. The molecule has 1 aromatic carbocycles. The zero-order valence-electron chi connectivity index (χ0n) is 16.6. The molecule has 0 radical (unpaired) electrons. The maximum absolute atomic E-state index is 13.9. The van der Waals surface area contributed by atoms with Gasteiger partial charge in [0.15, 0.2) is 16.5 Å². The van der Waals surface area contributed by atoms with Crippen LogP contribution in [0.1, 0.15) is 33.9 Å². The summed E-state index contributed by atoms with van der Waals surface area (Å²) in [4.78, 5) is 25.6. The molecule has 0 bridgehead atoms. The van der Waals surface area contributed by atoms with E-state index in [0.29, 0.717) is 24.8 Å². The highest BCUT2D eigenvalue weighted by molar-refractivity contribution is 7.14. The van der Waals surface area contributed by atoms with Crippen LogP contribution in [0.25, 0.3) is 10.6 Å². The summed E-state index contributed by atoms with van der Waals surface area (Å²) >= 11 is 1.07. The van der Waals surface area contributed by atoms with Crippen molar-refractivity contribution in [3.05, 3.63) is 62.5 Å². The number of hydrogen-bond donors (Lipinski definition) is 1. The molecule has 0 aliphatic carbocycles. The average molecular weight is 482 g/mol. The molecule has 0 unspecified atom stereocenters. The second-order valence-electron chi connectivity index (χ2n) is 7.46. The molecule has 2 aliphatic rings. The van der Waals surface area contributed by atoms with E-state index in [1.54, 1.807) is 9.58 Å². The van der Waals surface area contributed by atoms with Crippen LogP contribution >= 0.6 is 23.7 Å². The topological polar surface area (TPSA) is 91.6 Å². The first-order valence-electron chi connectivity index (χ1n) is 9.72. The summed E-state index contributed by atoms with van der Waals surface area (Å²) < 4.78 is 28.6. The maximum Gasteiger partial charge on any atom is 0.288 e. The molecule has 5 rings (SSSR count). The summed E-state index contributed by atoms with van der Waals surface area (Å²) in [5, 5.41) is 22.7. The van der Waals surface area contributed by atoms with Gasteiger partial charge >= 0.3 is 0 Å². The van der Waals surface area contributed by atoms with Crippen molar-refractivity contribution in [2.45, 2.75) is 25.9 Å². The first kappa shape index (κ1) is 22.3. The summed E-state index contributed by atoms with van der Waals surface area (Å²) in [6.45, 7) is 1.59. The largest absolute Gasteiger partial charge is 0.503 e. The lowest BCUT2D eigenvalue weighted by Gasteiger charge is -2.43. The van der Waals surface area contributed by atoms with Crippen molar-refractivity contribution >= 4 is 29.7 Å². The number of hydrazine groups is 1. The summed E-state index contributed by atoms with van der Waals surface area (Å²) in [5.74, 6) is -2.38. The van der Waals surface area contributed by atoms with Gasteiger partial charge in [-0.05, 0) is 24.5 Å². The van der Waals surface area contributed by atoms with Crippen molar-refractivity contribution in [3.63, 3.8) is 0 Å². The Morgan fingerprint density at radius 2 is 1.91 bits per heavy atom. The van der Waals surface area contributed by atoms with Gasteiger partial charge in [0.1, 0.15) is 16.6 Å². The van der Waals surface area contributed by atoms with Gasteiger partial charge in [0, 0.05) is 31.8 Å². The second kappa shape index (κ2) is 8.57. The fraction of sp³-hybridized carbons (Fsp3) is 0.300. The van der Waals surface area contributed by atoms with E-state index >= 15 is 0 Å². The van der Waals surface area contributed by atoms with Crippen molar-refractivity contribution in [2.24, 2.45) is 0 Å². The number of carbonyl (C=O) groups excluding carboxylic acids is 1. The Hall–Kier alpha value is -2.89. The molecule has 12 heteroatoms. The quantitative estimate of drug-likeness (QED) is 0.618. The van der Waals surface area contributed by atoms with E-state index in [0.717, 1.165) is 36.3 Å². The Labute approximate surface area is 191 Å². The average Bonchev–Trinajstić information content (AvgIpc) is 3.21. The van der Waals surface area contributed by atoms with Gasteiger partial charge in [0.05, 0.1) is 12.2 Å². The summed E-state index contributed by atoms with van der Waals surface area (Å²) in [5.41, 5.74) is -0.376. The van der Waals surface area contributed by atoms with Gasteiger partial charge in [0.25, 0.3) is 5.91 Å². The molecule has 2 aromatic heterocycles. The van der Waals surface area contributed by atoms with Crippen molar-refractivity contribution in [1.29, 1.82) is 0 Å². The van der Waals surface area contributed by atoms with Crippen LogP contribution in [0.2, 0.25) is 0 Å². The maximum atomic E-state index is 13.9. The number of benzene rings is 1. The number of hydrogen-bond acceptors (Lipinski definition) is 7. The molecule has 8 nitrogen and oxygen atoms in total. The molecule has 4 heterocycles. The fourth-order valence-corrected chi connectivity index (χ4v) is 4.76. The number of aromatic nitrogens is 3. The van der Waals surface area contributed by atoms with Crippen LogP contribution in [0.5, 0.6) is 5.75 Å². The Morgan fingerprint density at radius 1 is 1.12 bits per heavy atom. The van der Waals surface area contributed by atoms with Crippen LogP contribution in [0.15, 0.2) is 29.2 Å². The second-order valence-corrected chi connectivity index (χ2v) is 8.52. The molecule has 1 amide bonds. The third kappa shape index (κ3) is 3.76. The standard InChI is InChI=1S/C20H17F2N5O3S.ClH/c21-12-4-3-11(14(22)8-12)7-15-23-24-19(31-15)13-9-25-10-26-5-1-2-6-27(26)20(30)16(25)18(29)17(13)28;/h3-4,8-9,29H,1-2,5-7,10H2;1H. The highest BCUT2D eigenvalue weighted by atomic mass is 35.5. The molecule has 0 atom stereocenters. The summed E-state index contributed by atoms with van der Waals surface area (Å²) in [6, 6.07) is 3.29. The molecule has 32 heavy (non-hydrogen) atoms. The van der Waals surface area contributed by atoms with Gasteiger partial charge in [-0.25, -0.2) is 8.78 Å². The lowest BCUT2D eigenvalue weighted by molar-refractivity contribution is -0.0621. The summed E-state index contributed by atoms with van der Waals surface area (Å²) in [7, 11) is 0. The van der Waals surface area contributed by atoms with E-state index < -0.39 is 28.7 Å².